The second-order valence-electron chi connectivity index (χ2n) is 5.25. The molecule has 6 heteroatoms. The highest BCUT2D eigenvalue weighted by atomic mass is 16.5. The molecule has 0 unspecified atom stereocenters. The number of ether oxygens (including phenoxy) is 2. The molecule has 0 aliphatic heterocycles. The van der Waals surface area contributed by atoms with Gasteiger partial charge in [-0.25, -0.2) is 0 Å². The Balaban J connectivity index is 2.23. The zero-order chi connectivity index (χ0) is 17.1. The van der Waals surface area contributed by atoms with Crippen LogP contribution in [0.25, 0.3) is 0 Å². The SMILES string of the molecule is CC(=O)OCC(=O)NCC=CCOc1cccc(CN(C)C)c1. The monoisotopic (exact) mass is 320 g/mol. The van der Waals surface area contributed by atoms with Gasteiger partial charge < -0.3 is 19.7 Å². The first kappa shape index (κ1) is 18.7. The lowest BCUT2D eigenvalue weighted by Crippen LogP contribution is -2.28. The number of carbonyl (C=O) groups is 2. The van der Waals surface area contributed by atoms with E-state index in [-0.39, 0.29) is 12.5 Å². The van der Waals surface area contributed by atoms with Crippen molar-refractivity contribution in [1.29, 1.82) is 0 Å². The van der Waals surface area contributed by atoms with Crippen LogP contribution in [0.15, 0.2) is 36.4 Å². The van der Waals surface area contributed by atoms with Gasteiger partial charge in [-0.05, 0) is 37.9 Å². The summed E-state index contributed by atoms with van der Waals surface area (Å²) in [5, 5.41) is 2.60. The van der Waals surface area contributed by atoms with Gasteiger partial charge in [0, 0.05) is 20.0 Å². The summed E-state index contributed by atoms with van der Waals surface area (Å²) in [7, 11) is 4.04. The fourth-order valence-corrected chi connectivity index (χ4v) is 1.79. The molecule has 23 heavy (non-hydrogen) atoms. The average molecular weight is 320 g/mol. The summed E-state index contributed by atoms with van der Waals surface area (Å²) in [4.78, 5) is 23.9. The highest BCUT2D eigenvalue weighted by Crippen LogP contribution is 2.14. The van der Waals surface area contributed by atoms with E-state index in [1.54, 1.807) is 6.08 Å². The minimum Gasteiger partial charge on any atom is -0.490 e. The molecule has 0 aromatic heterocycles. The Kier molecular flexibility index (Phi) is 8.46. The number of hydrogen-bond acceptors (Lipinski definition) is 5. The van der Waals surface area contributed by atoms with Crippen LogP contribution in [-0.2, 0) is 20.9 Å². The van der Waals surface area contributed by atoms with Crippen molar-refractivity contribution in [2.75, 3.05) is 33.9 Å². The van der Waals surface area contributed by atoms with Crippen LogP contribution in [0.5, 0.6) is 5.75 Å². The van der Waals surface area contributed by atoms with Crippen LogP contribution in [0.4, 0.5) is 0 Å². The molecule has 1 N–H and O–H groups in total. The third kappa shape index (κ3) is 9.31. The fraction of sp³-hybridized carbons (Fsp3) is 0.412. The molecule has 126 valence electrons. The summed E-state index contributed by atoms with van der Waals surface area (Å²) < 4.78 is 10.2. The van der Waals surface area contributed by atoms with E-state index in [1.807, 2.05) is 38.4 Å². The predicted octanol–water partition coefficient (Wildman–Crippen LogP) is 1.36. The molecular weight excluding hydrogens is 296 g/mol. The fourth-order valence-electron chi connectivity index (χ4n) is 1.79. The van der Waals surface area contributed by atoms with Gasteiger partial charge in [0.1, 0.15) is 12.4 Å². The third-order valence-electron chi connectivity index (χ3n) is 2.73. The lowest BCUT2D eigenvalue weighted by molar-refractivity contribution is -0.146. The minimum absolute atomic E-state index is 0.252. The number of nitrogens with one attached hydrogen (secondary N) is 1. The van der Waals surface area contributed by atoms with Gasteiger partial charge in [0.2, 0.25) is 0 Å². The van der Waals surface area contributed by atoms with Crippen LogP contribution in [0, 0.1) is 0 Å². The van der Waals surface area contributed by atoms with Gasteiger partial charge in [-0.2, -0.15) is 0 Å². The van der Waals surface area contributed by atoms with Crippen molar-refractivity contribution < 1.29 is 19.1 Å². The Hall–Kier alpha value is -2.34. The molecule has 1 rings (SSSR count). The Morgan fingerprint density at radius 3 is 2.74 bits per heavy atom. The quantitative estimate of drug-likeness (QED) is 0.550. The van der Waals surface area contributed by atoms with Gasteiger partial charge in [-0.15, -0.1) is 0 Å². The summed E-state index contributed by atoms with van der Waals surface area (Å²) in [5.41, 5.74) is 1.19. The summed E-state index contributed by atoms with van der Waals surface area (Å²) in [6, 6.07) is 7.94. The summed E-state index contributed by atoms with van der Waals surface area (Å²) >= 11 is 0. The largest absolute Gasteiger partial charge is 0.490 e. The Bertz CT molecular complexity index is 541. The van der Waals surface area contributed by atoms with E-state index in [0.29, 0.717) is 13.2 Å². The van der Waals surface area contributed by atoms with E-state index in [9.17, 15) is 9.59 Å². The Morgan fingerprint density at radius 2 is 2.04 bits per heavy atom. The van der Waals surface area contributed by atoms with Crippen LogP contribution in [0.1, 0.15) is 12.5 Å². The lowest BCUT2D eigenvalue weighted by atomic mass is 10.2. The van der Waals surface area contributed by atoms with E-state index >= 15 is 0 Å². The van der Waals surface area contributed by atoms with Gasteiger partial charge in [0.15, 0.2) is 6.61 Å². The van der Waals surface area contributed by atoms with Crippen molar-refractivity contribution in [3.8, 4) is 5.75 Å². The number of esters is 1. The summed E-state index contributed by atoms with van der Waals surface area (Å²) in [5.74, 6) is 0.00985. The molecule has 1 amide bonds. The molecule has 0 aliphatic carbocycles. The Labute approximate surface area is 137 Å². The van der Waals surface area contributed by atoms with Gasteiger partial charge in [0.05, 0.1) is 0 Å². The smallest absolute Gasteiger partial charge is 0.303 e. The molecule has 0 radical (unpaired) electrons. The predicted molar refractivity (Wildman–Crippen MR) is 88.1 cm³/mol. The van der Waals surface area contributed by atoms with Gasteiger partial charge in [0.25, 0.3) is 5.91 Å². The first-order valence-corrected chi connectivity index (χ1v) is 7.39. The van der Waals surface area contributed by atoms with Crippen molar-refractivity contribution in [1.82, 2.24) is 10.2 Å². The number of rotatable bonds is 9. The lowest BCUT2D eigenvalue weighted by Gasteiger charge is -2.11. The maximum atomic E-state index is 11.3. The molecular formula is C17H24N2O4. The van der Waals surface area contributed by atoms with E-state index < -0.39 is 5.97 Å². The zero-order valence-corrected chi connectivity index (χ0v) is 13.9. The third-order valence-corrected chi connectivity index (χ3v) is 2.73. The molecule has 0 saturated heterocycles. The summed E-state index contributed by atoms with van der Waals surface area (Å²) in [6.45, 7) is 2.66. The van der Waals surface area contributed by atoms with Gasteiger partial charge in [-0.3, -0.25) is 9.59 Å². The van der Waals surface area contributed by atoms with Crippen LogP contribution in [0.2, 0.25) is 0 Å². The number of amides is 1. The maximum Gasteiger partial charge on any atom is 0.303 e. The first-order chi connectivity index (χ1) is 11.0. The minimum atomic E-state index is -0.472. The van der Waals surface area contributed by atoms with E-state index in [0.717, 1.165) is 12.3 Å². The van der Waals surface area contributed by atoms with E-state index in [4.69, 9.17) is 4.74 Å². The average Bonchev–Trinajstić information content (AvgIpc) is 2.48. The molecule has 1 aromatic rings. The van der Waals surface area contributed by atoms with Crippen molar-refractivity contribution in [3.05, 3.63) is 42.0 Å². The molecule has 0 saturated carbocycles. The second-order valence-corrected chi connectivity index (χ2v) is 5.25. The molecule has 0 aliphatic rings. The van der Waals surface area contributed by atoms with Crippen LogP contribution < -0.4 is 10.1 Å². The Morgan fingerprint density at radius 1 is 1.26 bits per heavy atom. The normalized spacial score (nSPS) is 10.8. The van der Waals surface area contributed by atoms with Crippen molar-refractivity contribution >= 4 is 11.9 Å². The topological polar surface area (TPSA) is 67.9 Å². The number of benzene rings is 1. The molecule has 0 fully saturated rings. The van der Waals surface area contributed by atoms with Crippen LogP contribution in [0.3, 0.4) is 0 Å². The molecule has 0 bridgehead atoms. The van der Waals surface area contributed by atoms with Crippen molar-refractivity contribution in [2.45, 2.75) is 13.5 Å². The molecule has 6 nitrogen and oxygen atoms in total. The summed E-state index contributed by atoms with van der Waals surface area (Å²) in [6.07, 6.45) is 3.61. The highest BCUT2D eigenvalue weighted by Gasteiger charge is 2.01. The van der Waals surface area contributed by atoms with Crippen molar-refractivity contribution in [2.24, 2.45) is 0 Å². The number of nitrogens with zero attached hydrogens (tertiary/aromatic N) is 1. The van der Waals surface area contributed by atoms with E-state index in [2.05, 4.69) is 21.0 Å². The molecule has 0 atom stereocenters. The standard InChI is InChI=1S/C17H24N2O4/c1-14(20)23-13-17(21)18-9-4-5-10-22-16-8-6-7-15(11-16)12-19(2)3/h4-8,11H,9-10,12-13H2,1-3H3,(H,18,21). The first-order valence-electron chi connectivity index (χ1n) is 7.39. The molecule has 0 heterocycles. The van der Waals surface area contributed by atoms with Gasteiger partial charge in [-0.1, -0.05) is 18.2 Å². The second kappa shape index (κ2) is 10.4. The van der Waals surface area contributed by atoms with Crippen LogP contribution in [-0.4, -0.2) is 50.6 Å². The van der Waals surface area contributed by atoms with Crippen molar-refractivity contribution in [3.63, 3.8) is 0 Å². The van der Waals surface area contributed by atoms with E-state index in [1.165, 1.54) is 12.5 Å². The zero-order valence-electron chi connectivity index (χ0n) is 13.9. The van der Waals surface area contributed by atoms with Gasteiger partial charge >= 0.3 is 5.97 Å². The maximum absolute atomic E-state index is 11.3. The van der Waals surface area contributed by atoms with Crippen LogP contribution >= 0.6 is 0 Å². The number of hydrogen-bond donors (Lipinski definition) is 1. The highest BCUT2D eigenvalue weighted by molar-refractivity contribution is 5.79. The molecule has 0 spiro atoms. The number of carbonyl (C=O) groups excluding carboxylic acids is 2. The molecule has 1 aromatic carbocycles.